The van der Waals surface area contributed by atoms with Crippen LogP contribution in [0.5, 0.6) is 0 Å². The average molecular weight is 201 g/mol. The maximum Gasteiger partial charge on any atom is 0.150 e. The van der Waals surface area contributed by atoms with Crippen LogP contribution in [0, 0.1) is 6.92 Å². The van der Waals surface area contributed by atoms with E-state index in [0.717, 1.165) is 17.2 Å². The van der Waals surface area contributed by atoms with Gasteiger partial charge in [-0.15, -0.1) is 0 Å². The molecule has 1 aromatic heterocycles. The van der Waals surface area contributed by atoms with Gasteiger partial charge in [0, 0.05) is 28.2 Å². The molecule has 0 fully saturated rings. The summed E-state index contributed by atoms with van der Waals surface area (Å²) in [5.74, 6) is 0. The normalized spacial score (nSPS) is 11.2. The first-order valence-electron chi connectivity index (χ1n) is 5.20. The monoisotopic (exact) mass is 201 g/mol. The molecule has 0 aliphatic heterocycles. The van der Waals surface area contributed by atoms with Gasteiger partial charge in [0.2, 0.25) is 0 Å². The minimum Gasteiger partial charge on any atom is -0.342 e. The summed E-state index contributed by atoms with van der Waals surface area (Å²) >= 11 is 0. The highest BCUT2D eigenvalue weighted by molar-refractivity contribution is 5.88. The first-order chi connectivity index (χ1) is 7.13. The highest BCUT2D eigenvalue weighted by atomic mass is 16.1. The molecule has 0 aliphatic rings. The fourth-order valence-corrected chi connectivity index (χ4v) is 2.15. The van der Waals surface area contributed by atoms with Gasteiger partial charge in [-0.2, -0.15) is 0 Å². The summed E-state index contributed by atoms with van der Waals surface area (Å²) < 4.78 is 2.28. The quantitative estimate of drug-likeness (QED) is 0.683. The van der Waals surface area contributed by atoms with Crippen molar-refractivity contribution in [2.75, 3.05) is 0 Å². The van der Waals surface area contributed by atoms with E-state index in [1.54, 1.807) is 0 Å². The summed E-state index contributed by atoms with van der Waals surface area (Å²) in [6.07, 6.45) is 0.890. The highest BCUT2D eigenvalue weighted by Gasteiger charge is 2.08. The molecule has 0 bridgehead atoms. The van der Waals surface area contributed by atoms with E-state index in [4.69, 9.17) is 0 Å². The maximum absolute atomic E-state index is 10.7. The van der Waals surface area contributed by atoms with Gasteiger partial charge in [0.1, 0.15) is 6.29 Å². The van der Waals surface area contributed by atoms with Crippen LogP contribution in [0.2, 0.25) is 0 Å². The zero-order valence-corrected chi connectivity index (χ0v) is 9.32. The molecule has 1 aromatic carbocycles. The molecule has 1 heterocycles. The van der Waals surface area contributed by atoms with Crippen LogP contribution >= 0.6 is 0 Å². The van der Waals surface area contributed by atoms with Crippen molar-refractivity contribution in [3.8, 4) is 0 Å². The van der Waals surface area contributed by atoms with Crippen LogP contribution in [-0.2, 0) is 0 Å². The Balaban J connectivity index is 2.73. The van der Waals surface area contributed by atoms with Gasteiger partial charge in [-0.3, -0.25) is 4.79 Å². The molecule has 2 aromatic rings. The summed E-state index contributed by atoms with van der Waals surface area (Å²) in [6, 6.07) is 8.40. The van der Waals surface area contributed by atoms with E-state index in [2.05, 4.69) is 31.4 Å². The Bertz CT molecular complexity index is 508. The smallest absolute Gasteiger partial charge is 0.150 e. The van der Waals surface area contributed by atoms with Crippen molar-refractivity contribution < 1.29 is 4.79 Å². The van der Waals surface area contributed by atoms with Crippen LogP contribution in [0.3, 0.4) is 0 Å². The Morgan fingerprint density at radius 1 is 1.27 bits per heavy atom. The predicted octanol–water partition coefficient (Wildman–Crippen LogP) is 3.34. The van der Waals surface area contributed by atoms with Crippen molar-refractivity contribution >= 4 is 17.2 Å². The lowest BCUT2D eigenvalue weighted by Gasteiger charge is -2.12. The van der Waals surface area contributed by atoms with E-state index in [-0.39, 0.29) is 0 Å². The van der Waals surface area contributed by atoms with Gasteiger partial charge >= 0.3 is 0 Å². The highest BCUT2D eigenvalue weighted by Crippen LogP contribution is 2.24. The van der Waals surface area contributed by atoms with Crippen molar-refractivity contribution in [2.24, 2.45) is 0 Å². The van der Waals surface area contributed by atoms with Crippen LogP contribution in [0.4, 0.5) is 0 Å². The molecular weight excluding hydrogens is 186 g/mol. The molecule has 0 unspecified atom stereocenters. The molecule has 0 saturated carbocycles. The van der Waals surface area contributed by atoms with Crippen LogP contribution < -0.4 is 0 Å². The number of benzene rings is 1. The van der Waals surface area contributed by atoms with Crippen molar-refractivity contribution in [1.82, 2.24) is 4.57 Å². The van der Waals surface area contributed by atoms with Crippen molar-refractivity contribution in [3.63, 3.8) is 0 Å². The fourth-order valence-electron chi connectivity index (χ4n) is 2.15. The maximum atomic E-state index is 10.7. The summed E-state index contributed by atoms with van der Waals surface area (Å²) in [7, 11) is 0. The Labute approximate surface area is 89.5 Å². The number of hydrogen-bond donors (Lipinski definition) is 0. The van der Waals surface area contributed by atoms with Gasteiger partial charge in [0.15, 0.2) is 0 Å². The van der Waals surface area contributed by atoms with Crippen LogP contribution in [0.1, 0.15) is 35.9 Å². The molecular formula is C13H15NO. The summed E-state index contributed by atoms with van der Waals surface area (Å²) in [6.45, 7) is 6.43. The number of aryl methyl sites for hydroxylation is 1. The molecule has 78 valence electrons. The SMILES string of the molecule is Cc1cc2cc(C=O)ccc2n1C(C)C. The number of carbonyl (C=O) groups excluding carboxylic acids is 1. The molecule has 0 atom stereocenters. The van der Waals surface area contributed by atoms with Crippen molar-refractivity contribution in [3.05, 3.63) is 35.5 Å². The third-order valence-electron chi connectivity index (χ3n) is 2.71. The van der Waals surface area contributed by atoms with Crippen LogP contribution in [0.15, 0.2) is 24.3 Å². The predicted molar refractivity (Wildman–Crippen MR) is 62.4 cm³/mol. The summed E-state index contributed by atoms with van der Waals surface area (Å²) in [5.41, 5.74) is 3.18. The van der Waals surface area contributed by atoms with Crippen molar-refractivity contribution in [2.45, 2.75) is 26.8 Å². The number of rotatable bonds is 2. The standard InChI is InChI=1S/C13H15NO/c1-9(2)14-10(3)6-12-7-11(8-15)4-5-13(12)14/h4-9H,1-3H3. The van der Waals surface area contributed by atoms with E-state index in [0.29, 0.717) is 6.04 Å². The first-order valence-corrected chi connectivity index (χ1v) is 5.20. The van der Waals surface area contributed by atoms with Crippen LogP contribution in [-0.4, -0.2) is 10.9 Å². The second-order valence-electron chi connectivity index (χ2n) is 4.19. The van der Waals surface area contributed by atoms with E-state index < -0.39 is 0 Å². The minimum absolute atomic E-state index is 0.449. The van der Waals surface area contributed by atoms with Gasteiger partial charge in [-0.25, -0.2) is 0 Å². The Kier molecular flexibility index (Phi) is 2.35. The largest absolute Gasteiger partial charge is 0.342 e. The molecule has 2 heteroatoms. The van der Waals surface area contributed by atoms with Gasteiger partial charge < -0.3 is 4.57 Å². The number of hydrogen-bond acceptors (Lipinski definition) is 1. The molecule has 0 saturated heterocycles. The molecule has 0 amide bonds. The molecule has 0 aliphatic carbocycles. The summed E-state index contributed by atoms with van der Waals surface area (Å²) in [5, 5.41) is 1.14. The number of fused-ring (bicyclic) bond motifs is 1. The third-order valence-corrected chi connectivity index (χ3v) is 2.71. The molecule has 15 heavy (non-hydrogen) atoms. The van der Waals surface area contributed by atoms with Gasteiger partial charge in [0.25, 0.3) is 0 Å². The zero-order chi connectivity index (χ0) is 11.0. The number of carbonyl (C=O) groups is 1. The number of aromatic nitrogens is 1. The summed E-state index contributed by atoms with van der Waals surface area (Å²) in [4.78, 5) is 10.7. The molecule has 0 radical (unpaired) electrons. The van der Waals surface area contributed by atoms with E-state index in [1.165, 1.54) is 11.2 Å². The average Bonchev–Trinajstić information content (AvgIpc) is 2.52. The number of aldehydes is 1. The van der Waals surface area contributed by atoms with Crippen LogP contribution in [0.25, 0.3) is 10.9 Å². The lowest BCUT2D eigenvalue weighted by atomic mass is 10.2. The molecule has 0 spiro atoms. The van der Waals surface area contributed by atoms with Gasteiger partial charge in [-0.05, 0) is 45.0 Å². The fraction of sp³-hybridized carbons (Fsp3) is 0.308. The first kappa shape index (κ1) is 9.97. The Hall–Kier alpha value is -1.57. The lowest BCUT2D eigenvalue weighted by molar-refractivity contribution is 0.112. The van der Waals surface area contributed by atoms with E-state index in [9.17, 15) is 4.79 Å². The Morgan fingerprint density at radius 2 is 2.00 bits per heavy atom. The van der Waals surface area contributed by atoms with Crippen molar-refractivity contribution in [1.29, 1.82) is 0 Å². The second-order valence-corrected chi connectivity index (χ2v) is 4.19. The lowest BCUT2D eigenvalue weighted by Crippen LogP contribution is -2.01. The molecule has 0 N–H and O–H groups in total. The van der Waals surface area contributed by atoms with E-state index >= 15 is 0 Å². The second kappa shape index (κ2) is 3.54. The van der Waals surface area contributed by atoms with E-state index in [1.807, 2.05) is 18.2 Å². The minimum atomic E-state index is 0.449. The molecule has 2 rings (SSSR count). The topological polar surface area (TPSA) is 22.0 Å². The molecule has 2 nitrogen and oxygen atoms in total. The zero-order valence-electron chi connectivity index (χ0n) is 9.32. The van der Waals surface area contributed by atoms with Gasteiger partial charge in [0.05, 0.1) is 0 Å². The third kappa shape index (κ3) is 1.56. The number of nitrogens with zero attached hydrogens (tertiary/aromatic N) is 1. The Morgan fingerprint density at radius 3 is 2.60 bits per heavy atom. The van der Waals surface area contributed by atoms with Gasteiger partial charge in [-0.1, -0.05) is 0 Å².